The molecule has 0 amide bonds. The van der Waals surface area contributed by atoms with E-state index in [9.17, 15) is 0 Å². The van der Waals surface area contributed by atoms with Crippen LogP contribution in [0.2, 0.25) is 0 Å². The zero-order valence-corrected chi connectivity index (χ0v) is 7.41. The second-order valence-electron chi connectivity index (χ2n) is 2.73. The van der Waals surface area contributed by atoms with Gasteiger partial charge in [0.25, 0.3) is 0 Å². The van der Waals surface area contributed by atoms with Gasteiger partial charge in [-0.25, -0.2) is 0 Å². The van der Waals surface area contributed by atoms with Gasteiger partial charge in [-0.3, -0.25) is 0 Å². The largest absolute Gasteiger partial charge is 0.496 e. The lowest BCUT2D eigenvalue weighted by atomic mass is 10.1. The van der Waals surface area contributed by atoms with Crippen molar-refractivity contribution in [1.29, 1.82) is 0 Å². The molecule has 0 spiro atoms. The molecular weight excluding hydrogens is 164 g/mol. The Balaban J connectivity index is 2.83. The average Bonchev–Trinajstić information content (AvgIpc) is 2.60. The average molecular weight is 174 g/mol. The fourth-order valence-corrected chi connectivity index (χ4v) is 1.40. The predicted molar refractivity (Wildman–Crippen MR) is 52.9 cm³/mol. The van der Waals surface area contributed by atoms with E-state index in [0.29, 0.717) is 0 Å². The summed E-state index contributed by atoms with van der Waals surface area (Å²) in [4.78, 5) is 0. The third-order valence-electron chi connectivity index (χ3n) is 2.03. The Morgan fingerprint density at radius 3 is 3.00 bits per heavy atom. The maximum atomic E-state index is 5.33. The maximum Gasteiger partial charge on any atom is 0.138 e. The number of hydrogen-bond donors (Lipinski definition) is 0. The molecule has 0 atom stereocenters. The first-order valence-electron chi connectivity index (χ1n) is 4.03. The van der Waals surface area contributed by atoms with E-state index >= 15 is 0 Å². The molecule has 0 saturated heterocycles. The van der Waals surface area contributed by atoms with Crippen molar-refractivity contribution in [1.82, 2.24) is 0 Å². The molecule has 13 heavy (non-hydrogen) atoms. The minimum atomic E-state index is 0.821. The molecule has 2 heteroatoms. The molecule has 1 aromatic heterocycles. The number of ether oxygens (including phenoxy) is 1. The number of rotatable bonds is 2. The summed E-state index contributed by atoms with van der Waals surface area (Å²) < 4.78 is 10.6. The summed E-state index contributed by atoms with van der Waals surface area (Å²) >= 11 is 0. The van der Waals surface area contributed by atoms with E-state index in [0.717, 1.165) is 22.3 Å². The molecule has 0 aliphatic rings. The van der Waals surface area contributed by atoms with E-state index < -0.39 is 0 Å². The summed E-state index contributed by atoms with van der Waals surface area (Å²) in [5.74, 6) is 0.821. The highest BCUT2D eigenvalue weighted by Gasteiger charge is 2.07. The van der Waals surface area contributed by atoms with Crippen molar-refractivity contribution < 1.29 is 9.15 Å². The molecule has 0 radical (unpaired) electrons. The first kappa shape index (κ1) is 7.92. The van der Waals surface area contributed by atoms with E-state index in [1.807, 2.05) is 18.2 Å². The molecule has 0 saturated carbocycles. The summed E-state index contributed by atoms with van der Waals surface area (Å²) in [5, 5.41) is 0.986. The molecule has 0 bridgehead atoms. The Kier molecular flexibility index (Phi) is 1.81. The van der Waals surface area contributed by atoms with Gasteiger partial charge >= 0.3 is 0 Å². The highest BCUT2D eigenvalue weighted by Crippen LogP contribution is 2.30. The van der Waals surface area contributed by atoms with E-state index in [1.54, 1.807) is 19.4 Å². The molecule has 0 N–H and O–H groups in total. The van der Waals surface area contributed by atoms with Crippen molar-refractivity contribution >= 4 is 17.0 Å². The Morgan fingerprint density at radius 2 is 2.31 bits per heavy atom. The molecule has 0 fully saturated rings. The first-order valence-corrected chi connectivity index (χ1v) is 4.03. The van der Waals surface area contributed by atoms with Gasteiger partial charge in [-0.1, -0.05) is 18.7 Å². The van der Waals surface area contributed by atoms with Gasteiger partial charge in [0.1, 0.15) is 11.3 Å². The Labute approximate surface area is 76.4 Å². The van der Waals surface area contributed by atoms with Crippen LogP contribution in [-0.2, 0) is 0 Å². The van der Waals surface area contributed by atoms with Crippen LogP contribution in [0.1, 0.15) is 5.56 Å². The van der Waals surface area contributed by atoms with Crippen molar-refractivity contribution in [3.05, 3.63) is 36.6 Å². The van der Waals surface area contributed by atoms with Gasteiger partial charge < -0.3 is 9.15 Å². The lowest BCUT2D eigenvalue weighted by Gasteiger charge is -2.00. The molecule has 0 unspecified atom stereocenters. The van der Waals surface area contributed by atoms with Crippen LogP contribution in [0.25, 0.3) is 17.0 Å². The molecule has 66 valence electrons. The fraction of sp³-hybridized carbons (Fsp3) is 0.0909. The van der Waals surface area contributed by atoms with E-state index in [2.05, 4.69) is 6.58 Å². The van der Waals surface area contributed by atoms with Gasteiger partial charge in [0.2, 0.25) is 0 Å². The smallest absolute Gasteiger partial charge is 0.138 e. The molecular formula is C11H10O2. The van der Waals surface area contributed by atoms with Crippen LogP contribution >= 0.6 is 0 Å². The number of hydrogen-bond acceptors (Lipinski definition) is 2. The van der Waals surface area contributed by atoms with Gasteiger partial charge in [-0.2, -0.15) is 0 Å². The summed E-state index contributed by atoms with van der Waals surface area (Å²) in [6.07, 6.45) is 3.44. The topological polar surface area (TPSA) is 22.4 Å². The van der Waals surface area contributed by atoms with Gasteiger partial charge in [-0.05, 0) is 12.1 Å². The molecule has 2 aromatic rings. The number of furan rings is 1. The van der Waals surface area contributed by atoms with Crippen LogP contribution in [0.5, 0.6) is 5.75 Å². The predicted octanol–water partition coefficient (Wildman–Crippen LogP) is 3.08. The minimum absolute atomic E-state index is 0.821. The van der Waals surface area contributed by atoms with Crippen LogP contribution < -0.4 is 4.74 Å². The van der Waals surface area contributed by atoms with Crippen molar-refractivity contribution in [2.24, 2.45) is 0 Å². The van der Waals surface area contributed by atoms with Crippen LogP contribution in [0.4, 0.5) is 0 Å². The van der Waals surface area contributed by atoms with Crippen LogP contribution in [0, 0.1) is 0 Å². The summed E-state index contributed by atoms with van der Waals surface area (Å²) in [7, 11) is 1.65. The standard InChI is InChI=1S/C11H10O2/c1-3-8-7-13-10-6-4-5-9(12-2)11(8)10/h3-7H,1H2,2H3. The van der Waals surface area contributed by atoms with Gasteiger partial charge in [0.05, 0.1) is 18.8 Å². The summed E-state index contributed by atoms with van der Waals surface area (Å²) in [6.45, 7) is 3.71. The van der Waals surface area contributed by atoms with Crippen molar-refractivity contribution in [3.8, 4) is 5.75 Å². The first-order chi connectivity index (χ1) is 6.36. The quantitative estimate of drug-likeness (QED) is 0.698. The van der Waals surface area contributed by atoms with Gasteiger partial charge in [-0.15, -0.1) is 0 Å². The second-order valence-corrected chi connectivity index (χ2v) is 2.73. The second kappa shape index (κ2) is 2.98. The molecule has 0 aliphatic carbocycles. The highest BCUT2D eigenvalue weighted by atomic mass is 16.5. The van der Waals surface area contributed by atoms with Crippen LogP contribution in [0.3, 0.4) is 0 Å². The summed E-state index contributed by atoms with van der Waals surface area (Å²) in [5.41, 5.74) is 1.79. The van der Waals surface area contributed by atoms with Gasteiger partial charge in [0, 0.05) is 5.56 Å². The minimum Gasteiger partial charge on any atom is -0.496 e. The molecule has 0 aliphatic heterocycles. The van der Waals surface area contributed by atoms with Crippen molar-refractivity contribution in [2.75, 3.05) is 7.11 Å². The van der Waals surface area contributed by atoms with E-state index in [-0.39, 0.29) is 0 Å². The molecule has 2 nitrogen and oxygen atoms in total. The monoisotopic (exact) mass is 174 g/mol. The van der Waals surface area contributed by atoms with Crippen LogP contribution in [0.15, 0.2) is 35.5 Å². The molecule has 1 heterocycles. The highest BCUT2D eigenvalue weighted by molar-refractivity contribution is 5.92. The van der Waals surface area contributed by atoms with Gasteiger partial charge in [0.15, 0.2) is 0 Å². The number of benzene rings is 1. The fourth-order valence-electron chi connectivity index (χ4n) is 1.40. The zero-order valence-electron chi connectivity index (χ0n) is 7.41. The lowest BCUT2D eigenvalue weighted by Crippen LogP contribution is -1.83. The molecule has 2 rings (SSSR count). The lowest BCUT2D eigenvalue weighted by molar-refractivity contribution is 0.419. The SMILES string of the molecule is C=Cc1coc2cccc(OC)c12. The molecule has 1 aromatic carbocycles. The normalized spacial score (nSPS) is 10.2. The zero-order chi connectivity index (χ0) is 9.26. The Bertz CT molecular complexity index is 440. The number of methoxy groups -OCH3 is 1. The van der Waals surface area contributed by atoms with Crippen molar-refractivity contribution in [2.45, 2.75) is 0 Å². The third kappa shape index (κ3) is 1.11. The third-order valence-corrected chi connectivity index (χ3v) is 2.03. The Hall–Kier alpha value is -1.70. The maximum absolute atomic E-state index is 5.33. The van der Waals surface area contributed by atoms with E-state index in [1.165, 1.54) is 0 Å². The number of fused-ring (bicyclic) bond motifs is 1. The Morgan fingerprint density at radius 1 is 1.46 bits per heavy atom. The van der Waals surface area contributed by atoms with E-state index in [4.69, 9.17) is 9.15 Å². The van der Waals surface area contributed by atoms with Crippen LogP contribution in [-0.4, -0.2) is 7.11 Å². The van der Waals surface area contributed by atoms with Crippen molar-refractivity contribution in [3.63, 3.8) is 0 Å². The summed E-state index contributed by atoms with van der Waals surface area (Å²) in [6, 6.07) is 5.72.